The molecule has 1 unspecified atom stereocenters. The number of piperazine rings is 1. The third-order valence-electron chi connectivity index (χ3n) is 5.66. The first-order valence-corrected chi connectivity index (χ1v) is 11.3. The Balaban J connectivity index is 1.82. The summed E-state index contributed by atoms with van der Waals surface area (Å²) in [7, 11) is 0. The van der Waals surface area contributed by atoms with Crippen LogP contribution in [0.2, 0.25) is 0 Å². The van der Waals surface area contributed by atoms with Crippen LogP contribution in [0.3, 0.4) is 0 Å². The SMILES string of the molecule is CC(C)CCOC(=O)CC1C(=O)NCCN1C(=S)NC(=O)CCC1CCCCC1. The fourth-order valence-electron chi connectivity index (χ4n) is 3.85. The molecule has 8 heteroatoms. The monoisotopic (exact) mass is 425 g/mol. The second kappa shape index (κ2) is 12.1. The van der Waals surface area contributed by atoms with Crippen LogP contribution in [-0.2, 0) is 19.1 Å². The first-order valence-electron chi connectivity index (χ1n) is 10.9. The first-order chi connectivity index (χ1) is 13.9. The molecule has 1 saturated heterocycles. The van der Waals surface area contributed by atoms with Crippen molar-refractivity contribution in [2.24, 2.45) is 11.8 Å². The zero-order valence-corrected chi connectivity index (χ0v) is 18.5. The van der Waals surface area contributed by atoms with Gasteiger partial charge in [-0.15, -0.1) is 0 Å². The number of carbonyl (C=O) groups is 3. The molecule has 2 aliphatic rings. The third kappa shape index (κ3) is 8.28. The predicted molar refractivity (Wildman–Crippen MR) is 115 cm³/mol. The number of rotatable bonds is 8. The maximum absolute atomic E-state index is 12.3. The third-order valence-corrected chi connectivity index (χ3v) is 6.00. The average molecular weight is 426 g/mol. The van der Waals surface area contributed by atoms with Gasteiger partial charge in [0.05, 0.1) is 13.0 Å². The zero-order chi connectivity index (χ0) is 21.2. The highest BCUT2D eigenvalue weighted by Gasteiger charge is 2.34. The van der Waals surface area contributed by atoms with Crippen molar-refractivity contribution in [3.05, 3.63) is 0 Å². The molecule has 0 spiro atoms. The van der Waals surface area contributed by atoms with E-state index in [1.807, 2.05) is 0 Å². The van der Waals surface area contributed by atoms with Crippen molar-refractivity contribution in [1.82, 2.24) is 15.5 Å². The Hall–Kier alpha value is -1.70. The molecule has 0 bridgehead atoms. The summed E-state index contributed by atoms with van der Waals surface area (Å²) in [4.78, 5) is 38.4. The number of nitrogens with zero attached hydrogens (tertiary/aromatic N) is 1. The van der Waals surface area contributed by atoms with Crippen LogP contribution >= 0.6 is 12.2 Å². The van der Waals surface area contributed by atoms with Crippen molar-refractivity contribution in [1.29, 1.82) is 0 Å². The summed E-state index contributed by atoms with van der Waals surface area (Å²) in [6, 6.07) is -0.749. The highest BCUT2D eigenvalue weighted by atomic mass is 32.1. The maximum atomic E-state index is 12.3. The number of nitrogens with one attached hydrogen (secondary N) is 2. The van der Waals surface area contributed by atoms with E-state index in [4.69, 9.17) is 17.0 Å². The van der Waals surface area contributed by atoms with Crippen LogP contribution in [0.25, 0.3) is 0 Å². The van der Waals surface area contributed by atoms with Gasteiger partial charge in [0.15, 0.2) is 5.11 Å². The number of thiocarbonyl (C=S) groups is 1. The van der Waals surface area contributed by atoms with Gasteiger partial charge in [0.25, 0.3) is 0 Å². The molecule has 0 aromatic heterocycles. The predicted octanol–water partition coefficient (Wildman–Crippen LogP) is 2.53. The Morgan fingerprint density at radius 1 is 1.28 bits per heavy atom. The fourth-order valence-corrected chi connectivity index (χ4v) is 4.18. The van der Waals surface area contributed by atoms with Gasteiger partial charge in [-0.25, -0.2) is 0 Å². The minimum atomic E-state index is -0.749. The molecule has 2 fully saturated rings. The van der Waals surface area contributed by atoms with Crippen molar-refractivity contribution >= 4 is 35.1 Å². The summed E-state index contributed by atoms with van der Waals surface area (Å²) in [5.74, 6) is 0.246. The van der Waals surface area contributed by atoms with Crippen LogP contribution in [0, 0.1) is 11.8 Å². The Morgan fingerprint density at radius 3 is 2.69 bits per heavy atom. The van der Waals surface area contributed by atoms with Crippen LogP contribution in [0.5, 0.6) is 0 Å². The number of hydrogen-bond donors (Lipinski definition) is 2. The van der Waals surface area contributed by atoms with Crippen molar-refractivity contribution in [2.75, 3.05) is 19.7 Å². The highest BCUT2D eigenvalue weighted by Crippen LogP contribution is 2.27. The molecule has 0 aromatic rings. The standard InChI is InChI=1S/C21H35N3O4S/c1-15(2)10-13-28-19(26)14-17-20(27)22-11-12-24(17)21(29)23-18(25)9-8-16-6-4-3-5-7-16/h15-17H,3-14H2,1-2H3,(H,22,27)(H,23,25,29). The molecule has 0 aromatic carbocycles. The van der Waals surface area contributed by atoms with E-state index in [0.717, 1.165) is 12.8 Å². The molecule has 2 N–H and O–H groups in total. The van der Waals surface area contributed by atoms with E-state index in [2.05, 4.69) is 24.5 Å². The molecule has 1 aliphatic carbocycles. The quantitative estimate of drug-likeness (QED) is 0.459. The number of hydrogen-bond acceptors (Lipinski definition) is 5. The molecular weight excluding hydrogens is 390 g/mol. The van der Waals surface area contributed by atoms with Gasteiger partial charge in [-0.05, 0) is 36.9 Å². The molecule has 2 amide bonds. The van der Waals surface area contributed by atoms with Gasteiger partial charge in [0, 0.05) is 19.5 Å². The van der Waals surface area contributed by atoms with Gasteiger partial charge in [-0.2, -0.15) is 0 Å². The number of amides is 2. The summed E-state index contributed by atoms with van der Waals surface area (Å²) < 4.78 is 5.24. The number of carbonyl (C=O) groups excluding carboxylic acids is 3. The first kappa shape index (κ1) is 23.6. The van der Waals surface area contributed by atoms with E-state index in [1.165, 1.54) is 32.1 Å². The molecule has 7 nitrogen and oxygen atoms in total. The van der Waals surface area contributed by atoms with Gasteiger partial charge < -0.3 is 20.3 Å². The van der Waals surface area contributed by atoms with Gasteiger partial charge >= 0.3 is 5.97 Å². The molecule has 1 aliphatic heterocycles. The zero-order valence-electron chi connectivity index (χ0n) is 17.7. The van der Waals surface area contributed by atoms with Gasteiger partial charge in [0.2, 0.25) is 11.8 Å². The van der Waals surface area contributed by atoms with Crippen molar-refractivity contribution in [3.8, 4) is 0 Å². The smallest absolute Gasteiger partial charge is 0.308 e. The van der Waals surface area contributed by atoms with Crippen molar-refractivity contribution in [3.63, 3.8) is 0 Å². The van der Waals surface area contributed by atoms with E-state index in [0.29, 0.717) is 38.0 Å². The lowest BCUT2D eigenvalue weighted by Gasteiger charge is -2.36. The van der Waals surface area contributed by atoms with Gasteiger partial charge in [0.1, 0.15) is 6.04 Å². The molecule has 0 radical (unpaired) electrons. The summed E-state index contributed by atoms with van der Waals surface area (Å²) in [6.07, 6.45) is 8.21. The summed E-state index contributed by atoms with van der Waals surface area (Å²) in [5, 5.41) is 5.73. The van der Waals surface area contributed by atoms with Crippen LogP contribution < -0.4 is 10.6 Å². The van der Waals surface area contributed by atoms with Crippen LogP contribution in [0.4, 0.5) is 0 Å². The van der Waals surface area contributed by atoms with E-state index in [-0.39, 0.29) is 23.3 Å². The highest BCUT2D eigenvalue weighted by molar-refractivity contribution is 7.80. The number of esters is 1. The Morgan fingerprint density at radius 2 is 2.00 bits per heavy atom. The summed E-state index contributed by atoms with van der Waals surface area (Å²) in [6.45, 7) is 5.33. The minimum absolute atomic E-state index is 0.0813. The maximum Gasteiger partial charge on any atom is 0.308 e. The lowest BCUT2D eigenvalue weighted by Crippen LogP contribution is -2.60. The van der Waals surface area contributed by atoms with Gasteiger partial charge in [-0.3, -0.25) is 14.4 Å². The lowest BCUT2D eigenvalue weighted by atomic mass is 9.86. The Labute approximate surface area is 179 Å². The van der Waals surface area contributed by atoms with E-state index >= 15 is 0 Å². The topological polar surface area (TPSA) is 87.7 Å². The molecule has 1 heterocycles. The van der Waals surface area contributed by atoms with Crippen LogP contribution in [0.15, 0.2) is 0 Å². The molecular formula is C21H35N3O4S. The number of ether oxygens (including phenoxy) is 1. The fraction of sp³-hybridized carbons (Fsp3) is 0.810. The van der Waals surface area contributed by atoms with Crippen molar-refractivity contribution < 1.29 is 19.1 Å². The Kier molecular flexibility index (Phi) is 9.84. The molecule has 29 heavy (non-hydrogen) atoms. The second-order valence-corrected chi connectivity index (χ2v) is 8.89. The lowest BCUT2D eigenvalue weighted by molar-refractivity contribution is -0.147. The normalized spacial score (nSPS) is 20.3. The molecule has 164 valence electrons. The second-order valence-electron chi connectivity index (χ2n) is 8.50. The molecule has 1 saturated carbocycles. The average Bonchev–Trinajstić information content (AvgIpc) is 2.68. The Bertz CT molecular complexity index is 590. The summed E-state index contributed by atoms with van der Waals surface area (Å²) in [5.41, 5.74) is 0. The molecule has 2 rings (SSSR count). The molecule has 1 atom stereocenters. The summed E-state index contributed by atoms with van der Waals surface area (Å²) >= 11 is 5.39. The van der Waals surface area contributed by atoms with Gasteiger partial charge in [-0.1, -0.05) is 46.0 Å². The largest absolute Gasteiger partial charge is 0.466 e. The van der Waals surface area contributed by atoms with E-state index < -0.39 is 12.0 Å². The van der Waals surface area contributed by atoms with E-state index in [1.54, 1.807) is 4.90 Å². The van der Waals surface area contributed by atoms with Crippen LogP contribution in [0.1, 0.15) is 71.6 Å². The van der Waals surface area contributed by atoms with Crippen LogP contribution in [-0.4, -0.2) is 53.5 Å². The minimum Gasteiger partial charge on any atom is -0.466 e. The van der Waals surface area contributed by atoms with Crippen molar-refractivity contribution in [2.45, 2.75) is 77.7 Å². The van der Waals surface area contributed by atoms with E-state index in [9.17, 15) is 14.4 Å².